The van der Waals surface area contributed by atoms with Gasteiger partial charge in [-0.05, 0) is 26.1 Å². The molecular formula is C11H24O2Si. The fraction of sp³-hybridized carbons (Fsp3) is 0.818. The maximum Gasteiger partial charge on any atom is 0.184 e. The molecule has 0 heterocycles. The highest BCUT2D eigenvalue weighted by Gasteiger charge is 2.20. The lowest BCUT2D eigenvalue weighted by atomic mass is 10.2. The van der Waals surface area contributed by atoms with Crippen LogP contribution in [0.3, 0.4) is 0 Å². The summed E-state index contributed by atoms with van der Waals surface area (Å²) in [4.78, 5) is 0. The van der Waals surface area contributed by atoms with Crippen LogP contribution < -0.4 is 0 Å². The first-order valence-corrected chi connectivity index (χ1v) is 8.77. The Labute approximate surface area is 89.4 Å². The van der Waals surface area contributed by atoms with Crippen LogP contribution in [0.4, 0.5) is 0 Å². The van der Waals surface area contributed by atoms with Gasteiger partial charge in [0.1, 0.15) is 0 Å². The van der Waals surface area contributed by atoms with E-state index in [9.17, 15) is 0 Å². The van der Waals surface area contributed by atoms with Crippen molar-refractivity contribution in [3.8, 4) is 0 Å². The molecule has 14 heavy (non-hydrogen) atoms. The fourth-order valence-corrected chi connectivity index (χ4v) is 2.47. The van der Waals surface area contributed by atoms with Crippen molar-refractivity contribution in [2.45, 2.75) is 45.5 Å². The zero-order chi connectivity index (χ0) is 11.0. The van der Waals surface area contributed by atoms with Gasteiger partial charge in [0, 0.05) is 0 Å². The van der Waals surface area contributed by atoms with Gasteiger partial charge in [0.05, 0.1) is 19.3 Å². The average Bonchev–Trinajstić information content (AvgIpc) is 2.02. The van der Waals surface area contributed by atoms with Crippen LogP contribution in [0.2, 0.25) is 19.6 Å². The van der Waals surface area contributed by atoms with Crippen molar-refractivity contribution in [3.05, 3.63) is 12.7 Å². The second kappa shape index (κ2) is 7.21. The summed E-state index contributed by atoms with van der Waals surface area (Å²) < 4.78 is 11.4. The van der Waals surface area contributed by atoms with E-state index in [1.807, 2.05) is 0 Å². The third-order valence-corrected chi connectivity index (χ3v) is 2.71. The SMILES string of the molecule is C=CCOCC(CCC)O[Si](C)(C)C. The number of hydrogen-bond donors (Lipinski definition) is 0. The molecule has 0 aliphatic heterocycles. The van der Waals surface area contributed by atoms with Crippen molar-refractivity contribution in [1.82, 2.24) is 0 Å². The summed E-state index contributed by atoms with van der Waals surface area (Å²) in [5, 5.41) is 0. The highest BCUT2D eigenvalue weighted by molar-refractivity contribution is 6.69. The first-order valence-electron chi connectivity index (χ1n) is 5.36. The van der Waals surface area contributed by atoms with E-state index in [1.54, 1.807) is 6.08 Å². The van der Waals surface area contributed by atoms with E-state index in [0.717, 1.165) is 12.8 Å². The molecule has 0 spiro atoms. The molecule has 84 valence electrons. The van der Waals surface area contributed by atoms with Gasteiger partial charge < -0.3 is 9.16 Å². The molecular weight excluding hydrogens is 192 g/mol. The number of ether oxygens (including phenoxy) is 1. The molecule has 0 fully saturated rings. The maximum absolute atomic E-state index is 6.00. The molecule has 0 saturated carbocycles. The minimum absolute atomic E-state index is 0.270. The van der Waals surface area contributed by atoms with E-state index >= 15 is 0 Å². The molecule has 0 saturated heterocycles. The van der Waals surface area contributed by atoms with Crippen molar-refractivity contribution in [2.24, 2.45) is 0 Å². The second-order valence-corrected chi connectivity index (χ2v) is 8.93. The first-order chi connectivity index (χ1) is 6.49. The molecule has 0 aromatic carbocycles. The third kappa shape index (κ3) is 8.47. The summed E-state index contributed by atoms with van der Waals surface area (Å²) in [6.45, 7) is 13.7. The number of hydrogen-bond acceptors (Lipinski definition) is 2. The van der Waals surface area contributed by atoms with Gasteiger partial charge in [0.25, 0.3) is 0 Å². The van der Waals surface area contributed by atoms with Crippen LogP contribution in [-0.2, 0) is 9.16 Å². The Bertz CT molecular complexity index is 152. The molecule has 3 heteroatoms. The van der Waals surface area contributed by atoms with Crippen molar-refractivity contribution in [2.75, 3.05) is 13.2 Å². The normalized spacial score (nSPS) is 14.0. The second-order valence-electron chi connectivity index (χ2n) is 4.47. The van der Waals surface area contributed by atoms with Gasteiger partial charge in [-0.3, -0.25) is 0 Å². The Morgan fingerprint density at radius 3 is 2.43 bits per heavy atom. The van der Waals surface area contributed by atoms with Crippen molar-refractivity contribution in [3.63, 3.8) is 0 Å². The monoisotopic (exact) mass is 216 g/mol. The van der Waals surface area contributed by atoms with Gasteiger partial charge in [-0.1, -0.05) is 19.4 Å². The van der Waals surface area contributed by atoms with Crippen molar-refractivity contribution < 1.29 is 9.16 Å². The van der Waals surface area contributed by atoms with Gasteiger partial charge in [-0.15, -0.1) is 6.58 Å². The molecule has 1 atom stereocenters. The van der Waals surface area contributed by atoms with Gasteiger partial charge >= 0.3 is 0 Å². The summed E-state index contributed by atoms with van der Waals surface area (Å²) in [5.41, 5.74) is 0. The van der Waals surface area contributed by atoms with Gasteiger partial charge in [-0.2, -0.15) is 0 Å². The predicted molar refractivity (Wildman–Crippen MR) is 64.1 cm³/mol. The van der Waals surface area contributed by atoms with E-state index in [1.165, 1.54) is 0 Å². The fourth-order valence-electron chi connectivity index (χ4n) is 1.28. The molecule has 0 aromatic heterocycles. The highest BCUT2D eigenvalue weighted by Crippen LogP contribution is 2.12. The first kappa shape index (κ1) is 13.9. The molecule has 0 radical (unpaired) electrons. The Morgan fingerprint density at radius 2 is 2.00 bits per heavy atom. The Morgan fingerprint density at radius 1 is 1.36 bits per heavy atom. The predicted octanol–water partition coefficient (Wildman–Crippen LogP) is 3.21. The molecule has 0 amide bonds. The zero-order valence-electron chi connectivity index (χ0n) is 10.0. The summed E-state index contributed by atoms with van der Waals surface area (Å²) in [6.07, 6.45) is 4.28. The van der Waals surface area contributed by atoms with Crippen LogP contribution >= 0.6 is 0 Å². The number of rotatable bonds is 8. The minimum Gasteiger partial charge on any atom is -0.412 e. The van der Waals surface area contributed by atoms with Crippen LogP contribution in [-0.4, -0.2) is 27.6 Å². The molecule has 0 bridgehead atoms. The lowest BCUT2D eigenvalue weighted by molar-refractivity contribution is 0.0548. The standard InChI is InChI=1S/C11H24O2Si/c1-6-8-11(10-12-9-7-2)13-14(3,4)5/h7,11H,2,6,8-10H2,1,3-5H3. The smallest absolute Gasteiger partial charge is 0.184 e. The van der Waals surface area contributed by atoms with Crippen LogP contribution in [0, 0.1) is 0 Å². The van der Waals surface area contributed by atoms with Crippen LogP contribution in [0.1, 0.15) is 19.8 Å². The third-order valence-electron chi connectivity index (χ3n) is 1.67. The van der Waals surface area contributed by atoms with Gasteiger partial charge in [0.15, 0.2) is 8.32 Å². The summed E-state index contributed by atoms with van der Waals surface area (Å²) in [5.74, 6) is 0. The Kier molecular flexibility index (Phi) is 7.14. The average molecular weight is 216 g/mol. The lowest BCUT2D eigenvalue weighted by Gasteiger charge is -2.25. The summed E-state index contributed by atoms with van der Waals surface area (Å²) >= 11 is 0. The highest BCUT2D eigenvalue weighted by atomic mass is 28.4. The Balaban J connectivity index is 3.82. The zero-order valence-corrected chi connectivity index (χ0v) is 11.0. The van der Waals surface area contributed by atoms with Crippen molar-refractivity contribution >= 4 is 8.32 Å². The van der Waals surface area contributed by atoms with Gasteiger partial charge in [0.2, 0.25) is 0 Å². The van der Waals surface area contributed by atoms with Gasteiger partial charge in [-0.25, -0.2) is 0 Å². The summed E-state index contributed by atoms with van der Waals surface area (Å²) in [7, 11) is -1.42. The van der Waals surface area contributed by atoms with E-state index in [2.05, 4.69) is 33.1 Å². The molecule has 0 N–H and O–H groups in total. The lowest BCUT2D eigenvalue weighted by Crippen LogP contribution is -2.34. The minimum atomic E-state index is -1.42. The molecule has 2 nitrogen and oxygen atoms in total. The molecule has 1 unspecified atom stereocenters. The molecule has 0 rings (SSSR count). The quantitative estimate of drug-likeness (QED) is 0.352. The molecule has 0 aliphatic carbocycles. The van der Waals surface area contributed by atoms with E-state index < -0.39 is 8.32 Å². The molecule has 0 aliphatic rings. The van der Waals surface area contributed by atoms with E-state index in [0.29, 0.717) is 13.2 Å². The maximum atomic E-state index is 6.00. The van der Waals surface area contributed by atoms with E-state index in [4.69, 9.17) is 9.16 Å². The Hall–Kier alpha value is -0.123. The van der Waals surface area contributed by atoms with Crippen molar-refractivity contribution in [1.29, 1.82) is 0 Å². The summed E-state index contributed by atoms with van der Waals surface area (Å²) in [6, 6.07) is 0. The van der Waals surface area contributed by atoms with Crippen LogP contribution in [0.15, 0.2) is 12.7 Å². The molecule has 0 aromatic rings. The van der Waals surface area contributed by atoms with Crippen LogP contribution in [0.5, 0.6) is 0 Å². The van der Waals surface area contributed by atoms with Crippen LogP contribution in [0.25, 0.3) is 0 Å². The largest absolute Gasteiger partial charge is 0.412 e. The van der Waals surface area contributed by atoms with E-state index in [-0.39, 0.29) is 6.10 Å². The topological polar surface area (TPSA) is 18.5 Å².